The molecule has 272 valence electrons. The van der Waals surface area contributed by atoms with E-state index in [1.54, 1.807) is 0 Å². The molecule has 4 aromatic heterocycles. The van der Waals surface area contributed by atoms with E-state index in [2.05, 4.69) is 179 Å². The van der Waals surface area contributed by atoms with Crippen molar-refractivity contribution < 1.29 is 4.42 Å². The third-order valence-electron chi connectivity index (χ3n) is 12.6. The molecule has 0 aliphatic carbocycles. The number of nitrogens with zero attached hydrogens (tertiary/aromatic N) is 4. The Morgan fingerprint density at radius 3 is 1.95 bits per heavy atom. The molecule has 9 aromatic carbocycles. The van der Waals surface area contributed by atoms with E-state index in [0.717, 1.165) is 82.6 Å². The Hall–Kier alpha value is -8.02. The van der Waals surface area contributed by atoms with Gasteiger partial charge in [-0.15, -0.1) is 0 Å². The highest BCUT2D eigenvalue weighted by molar-refractivity contribution is 6.22. The Morgan fingerprint density at radius 1 is 0.390 bits per heavy atom. The van der Waals surface area contributed by atoms with Crippen LogP contribution in [0.15, 0.2) is 186 Å². The van der Waals surface area contributed by atoms with Crippen molar-refractivity contribution in [1.82, 2.24) is 19.1 Å². The standard InChI is InChI=1S/C54H30N4O/c1-2-13-33-31(12-1)25-27-44-52(33)56-51(32-24-26-39-38-18-7-10-23-49(38)59-50(39)28-32)54(55-44)58-46-22-9-6-17-37(46)42-29-47-43(30-48(42)58)41-20-11-19-40-35-15-4-3-14-34(35)36-16-5-8-21-45(36)57(47)53(40)41/h1-30H. The minimum Gasteiger partial charge on any atom is -0.456 e. The fourth-order valence-electron chi connectivity index (χ4n) is 10.1. The van der Waals surface area contributed by atoms with Crippen LogP contribution in [0.3, 0.4) is 0 Å². The predicted octanol–water partition coefficient (Wildman–Crippen LogP) is 14.2. The van der Waals surface area contributed by atoms with Crippen LogP contribution in [0, 0.1) is 0 Å². The Bertz CT molecular complexity index is 3980. The number of aromatic nitrogens is 4. The Balaban J connectivity index is 1.13. The first-order valence-corrected chi connectivity index (χ1v) is 20.1. The van der Waals surface area contributed by atoms with Gasteiger partial charge in [0.1, 0.15) is 16.9 Å². The molecule has 0 radical (unpaired) electrons. The lowest BCUT2D eigenvalue weighted by molar-refractivity contribution is 0.669. The van der Waals surface area contributed by atoms with Gasteiger partial charge in [-0.2, -0.15) is 0 Å². The Morgan fingerprint density at radius 2 is 1.05 bits per heavy atom. The molecule has 59 heavy (non-hydrogen) atoms. The summed E-state index contributed by atoms with van der Waals surface area (Å²) < 4.78 is 11.3. The summed E-state index contributed by atoms with van der Waals surface area (Å²) in [6, 6.07) is 65.3. The largest absolute Gasteiger partial charge is 0.456 e. The molecule has 13 aromatic rings. The SMILES string of the molecule is c1ccc2c(c1)-c1ccccc1-n1c3cc4c5ccccc5n(-c5nc6ccc7ccccc7c6nc5-c5ccc6c(c5)oc5ccccc56)c4cc3c3cccc-2c31. The van der Waals surface area contributed by atoms with E-state index in [1.165, 1.54) is 49.7 Å². The molecular formula is C54H30N4O. The average Bonchev–Trinajstić information content (AvgIpc) is 3.91. The van der Waals surface area contributed by atoms with Crippen molar-refractivity contribution in [2.45, 2.75) is 0 Å². The summed E-state index contributed by atoms with van der Waals surface area (Å²) in [4.78, 5) is 11.2. The quantitative estimate of drug-likeness (QED) is 0.165. The molecule has 5 heterocycles. The fourth-order valence-corrected chi connectivity index (χ4v) is 10.1. The van der Waals surface area contributed by atoms with Gasteiger partial charge in [0.25, 0.3) is 0 Å². The van der Waals surface area contributed by atoms with Gasteiger partial charge in [0, 0.05) is 54.4 Å². The van der Waals surface area contributed by atoms with Crippen LogP contribution >= 0.6 is 0 Å². The van der Waals surface area contributed by atoms with E-state index in [1.807, 2.05) is 12.1 Å². The number of furan rings is 1. The van der Waals surface area contributed by atoms with E-state index in [-0.39, 0.29) is 0 Å². The van der Waals surface area contributed by atoms with E-state index < -0.39 is 0 Å². The molecule has 0 saturated carbocycles. The van der Waals surface area contributed by atoms with Gasteiger partial charge < -0.3 is 8.98 Å². The number of benzene rings is 9. The van der Waals surface area contributed by atoms with Crippen LogP contribution in [0.25, 0.3) is 132 Å². The zero-order chi connectivity index (χ0) is 38.3. The monoisotopic (exact) mass is 750 g/mol. The van der Waals surface area contributed by atoms with Gasteiger partial charge in [-0.3, -0.25) is 4.57 Å². The van der Waals surface area contributed by atoms with Crippen molar-refractivity contribution in [2.24, 2.45) is 0 Å². The maximum Gasteiger partial charge on any atom is 0.165 e. The number of hydrogen-bond donors (Lipinski definition) is 0. The average molecular weight is 751 g/mol. The van der Waals surface area contributed by atoms with Crippen molar-refractivity contribution in [2.75, 3.05) is 0 Å². The minimum absolute atomic E-state index is 0.776. The molecule has 0 spiro atoms. The molecule has 1 aliphatic heterocycles. The second kappa shape index (κ2) is 11.3. The van der Waals surface area contributed by atoms with Crippen molar-refractivity contribution in [1.29, 1.82) is 0 Å². The van der Waals surface area contributed by atoms with Crippen molar-refractivity contribution >= 4 is 87.4 Å². The maximum atomic E-state index is 6.46. The van der Waals surface area contributed by atoms with Gasteiger partial charge in [-0.05, 0) is 65.0 Å². The lowest BCUT2D eigenvalue weighted by Gasteiger charge is -2.15. The number of hydrogen-bond acceptors (Lipinski definition) is 3. The molecule has 0 bridgehead atoms. The fraction of sp³-hybridized carbons (Fsp3) is 0. The Labute approximate surface area is 336 Å². The Kier molecular flexibility index (Phi) is 5.96. The van der Waals surface area contributed by atoms with E-state index in [9.17, 15) is 0 Å². The lowest BCUT2D eigenvalue weighted by atomic mass is 9.94. The molecule has 14 rings (SSSR count). The lowest BCUT2D eigenvalue weighted by Crippen LogP contribution is -2.04. The minimum atomic E-state index is 0.776. The molecule has 0 amide bonds. The van der Waals surface area contributed by atoms with Crippen molar-refractivity contribution in [3.63, 3.8) is 0 Å². The van der Waals surface area contributed by atoms with Crippen molar-refractivity contribution in [3.05, 3.63) is 182 Å². The highest BCUT2D eigenvalue weighted by Gasteiger charge is 2.27. The van der Waals surface area contributed by atoms with Crippen LogP contribution in [0.5, 0.6) is 0 Å². The zero-order valence-corrected chi connectivity index (χ0v) is 31.5. The van der Waals surface area contributed by atoms with Gasteiger partial charge in [-0.25, -0.2) is 9.97 Å². The highest BCUT2D eigenvalue weighted by atomic mass is 16.3. The van der Waals surface area contributed by atoms with Crippen LogP contribution in [0.4, 0.5) is 0 Å². The normalized spacial score (nSPS) is 12.4. The van der Waals surface area contributed by atoms with Gasteiger partial charge in [0.15, 0.2) is 5.82 Å². The summed E-state index contributed by atoms with van der Waals surface area (Å²) in [7, 11) is 0. The van der Waals surface area contributed by atoms with Crippen molar-refractivity contribution in [3.8, 4) is 45.0 Å². The predicted molar refractivity (Wildman–Crippen MR) is 243 cm³/mol. The van der Waals surface area contributed by atoms with Gasteiger partial charge in [-0.1, -0.05) is 133 Å². The first kappa shape index (κ1) is 31.1. The summed E-state index contributed by atoms with van der Waals surface area (Å²) in [6.45, 7) is 0. The van der Waals surface area contributed by atoms with E-state index >= 15 is 0 Å². The topological polar surface area (TPSA) is 48.8 Å². The van der Waals surface area contributed by atoms with E-state index in [4.69, 9.17) is 14.4 Å². The molecule has 0 N–H and O–H groups in total. The number of para-hydroxylation sites is 4. The molecule has 0 unspecified atom stereocenters. The smallest absolute Gasteiger partial charge is 0.165 e. The summed E-state index contributed by atoms with van der Waals surface area (Å²) in [6.07, 6.45) is 0. The third kappa shape index (κ3) is 4.13. The zero-order valence-electron chi connectivity index (χ0n) is 31.5. The second-order valence-electron chi connectivity index (χ2n) is 15.7. The number of fused-ring (bicyclic) bond motifs is 17. The molecule has 0 atom stereocenters. The van der Waals surface area contributed by atoms with Gasteiger partial charge in [0.05, 0.1) is 38.8 Å². The van der Waals surface area contributed by atoms with Crippen LogP contribution < -0.4 is 0 Å². The summed E-state index contributed by atoms with van der Waals surface area (Å²) in [5.74, 6) is 0.776. The van der Waals surface area contributed by atoms with Crippen LogP contribution in [-0.2, 0) is 0 Å². The molecule has 1 aliphatic rings. The molecular weight excluding hydrogens is 721 g/mol. The number of rotatable bonds is 2. The molecule has 0 fully saturated rings. The van der Waals surface area contributed by atoms with Gasteiger partial charge in [0.2, 0.25) is 0 Å². The highest BCUT2D eigenvalue weighted by Crippen LogP contribution is 2.48. The molecule has 0 saturated heterocycles. The first-order valence-electron chi connectivity index (χ1n) is 20.1. The third-order valence-corrected chi connectivity index (χ3v) is 12.6. The molecule has 5 heteroatoms. The summed E-state index contributed by atoms with van der Waals surface area (Å²) in [5.41, 5.74) is 15.8. The maximum absolute atomic E-state index is 6.46. The van der Waals surface area contributed by atoms with Crippen LogP contribution in [-0.4, -0.2) is 19.1 Å². The van der Waals surface area contributed by atoms with E-state index in [0.29, 0.717) is 0 Å². The van der Waals surface area contributed by atoms with Crippen LogP contribution in [0.2, 0.25) is 0 Å². The first-order chi connectivity index (χ1) is 29.3. The summed E-state index contributed by atoms with van der Waals surface area (Å²) >= 11 is 0. The summed E-state index contributed by atoms with van der Waals surface area (Å²) in [5, 5.41) is 9.12. The second-order valence-corrected chi connectivity index (χ2v) is 15.7. The van der Waals surface area contributed by atoms with Gasteiger partial charge >= 0.3 is 0 Å². The van der Waals surface area contributed by atoms with Crippen LogP contribution in [0.1, 0.15) is 0 Å². The molecule has 5 nitrogen and oxygen atoms in total.